The summed E-state index contributed by atoms with van der Waals surface area (Å²) < 4.78 is 5.07. The van der Waals surface area contributed by atoms with Gasteiger partial charge in [-0.25, -0.2) is 4.98 Å². The number of pyridine rings is 1. The van der Waals surface area contributed by atoms with Crippen LogP contribution in [0.3, 0.4) is 0 Å². The van der Waals surface area contributed by atoms with Gasteiger partial charge in [0, 0.05) is 52.3 Å². The molecule has 0 bridgehead atoms. The van der Waals surface area contributed by atoms with Gasteiger partial charge in [-0.05, 0) is 12.1 Å². The van der Waals surface area contributed by atoms with E-state index in [0.717, 1.165) is 0 Å². The highest BCUT2D eigenvalue weighted by molar-refractivity contribution is 5.94. The zero-order chi connectivity index (χ0) is 19.1. The summed E-state index contributed by atoms with van der Waals surface area (Å²) in [5.41, 5.74) is 0.402. The molecular weight excluding hydrogens is 340 g/mol. The molecule has 142 valence electrons. The van der Waals surface area contributed by atoms with Gasteiger partial charge < -0.3 is 20.1 Å². The maximum absolute atomic E-state index is 12.2. The summed E-state index contributed by atoms with van der Waals surface area (Å²) in [5.74, 6) is -1.97. The number of nitrogens with zero attached hydrogens (tertiary/aromatic N) is 3. The molecule has 1 atom stereocenters. The largest absolute Gasteiger partial charge is 0.481 e. The summed E-state index contributed by atoms with van der Waals surface area (Å²) >= 11 is 0. The van der Waals surface area contributed by atoms with E-state index in [-0.39, 0.29) is 24.8 Å². The molecule has 9 nitrogen and oxygen atoms in total. The molecule has 1 aromatic rings. The Balaban J connectivity index is 1.90. The maximum Gasteiger partial charge on any atom is 0.308 e. The molecule has 1 aliphatic rings. The number of ether oxygens (including phenoxy) is 1. The third-order valence-corrected chi connectivity index (χ3v) is 4.32. The van der Waals surface area contributed by atoms with E-state index in [2.05, 4.69) is 10.3 Å². The second kappa shape index (κ2) is 9.14. The minimum absolute atomic E-state index is 0.0178. The van der Waals surface area contributed by atoms with Crippen molar-refractivity contribution in [2.45, 2.75) is 13.3 Å². The van der Waals surface area contributed by atoms with Crippen molar-refractivity contribution < 1.29 is 24.2 Å². The summed E-state index contributed by atoms with van der Waals surface area (Å²) in [6, 6.07) is 3.29. The highest BCUT2D eigenvalue weighted by Crippen LogP contribution is 2.20. The Morgan fingerprint density at radius 1 is 1.31 bits per heavy atom. The molecular formula is C17H24N4O5. The number of piperazine rings is 1. The Morgan fingerprint density at radius 2 is 2.00 bits per heavy atom. The first-order chi connectivity index (χ1) is 12.4. The zero-order valence-corrected chi connectivity index (χ0v) is 15.0. The van der Waals surface area contributed by atoms with Crippen molar-refractivity contribution in [3.05, 3.63) is 18.3 Å². The van der Waals surface area contributed by atoms with Gasteiger partial charge in [0.2, 0.25) is 17.7 Å². The average Bonchev–Trinajstić information content (AvgIpc) is 2.62. The number of anilines is 1. The topological polar surface area (TPSA) is 112 Å². The van der Waals surface area contributed by atoms with E-state index in [1.165, 1.54) is 20.2 Å². The molecule has 1 aromatic heterocycles. The van der Waals surface area contributed by atoms with E-state index < -0.39 is 17.8 Å². The van der Waals surface area contributed by atoms with Crippen LogP contribution in [-0.4, -0.2) is 77.5 Å². The van der Waals surface area contributed by atoms with Gasteiger partial charge in [0.1, 0.15) is 5.69 Å². The van der Waals surface area contributed by atoms with Crippen LogP contribution >= 0.6 is 0 Å². The number of carboxylic acids is 1. The van der Waals surface area contributed by atoms with Crippen LogP contribution in [0.4, 0.5) is 5.69 Å². The van der Waals surface area contributed by atoms with Crippen molar-refractivity contribution in [3.63, 3.8) is 0 Å². The highest BCUT2D eigenvalue weighted by atomic mass is 16.5. The molecule has 1 saturated heterocycles. The van der Waals surface area contributed by atoms with Crippen LogP contribution in [0.5, 0.6) is 5.88 Å². The molecule has 0 aromatic carbocycles. The van der Waals surface area contributed by atoms with Gasteiger partial charge in [-0.2, -0.15) is 0 Å². The number of rotatable bonds is 7. The number of hydrogen-bond donors (Lipinski definition) is 2. The summed E-state index contributed by atoms with van der Waals surface area (Å²) in [6.07, 6.45) is 1.38. The van der Waals surface area contributed by atoms with Crippen LogP contribution in [-0.2, 0) is 14.4 Å². The number of aliphatic carboxylic acids is 1. The monoisotopic (exact) mass is 364 g/mol. The molecule has 9 heteroatoms. The lowest BCUT2D eigenvalue weighted by Crippen LogP contribution is -2.50. The Labute approximate surface area is 151 Å². The average molecular weight is 364 g/mol. The number of methoxy groups -OCH3 is 1. The molecule has 1 fully saturated rings. The van der Waals surface area contributed by atoms with Crippen LogP contribution < -0.4 is 10.1 Å². The highest BCUT2D eigenvalue weighted by Gasteiger charge is 2.27. The smallest absolute Gasteiger partial charge is 0.308 e. The molecule has 26 heavy (non-hydrogen) atoms. The maximum atomic E-state index is 12.2. The number of hydrogen-bond acceptors (Lipinski definition) is 6. The Morgan fingerprint density at radius 3 is 2.58 bits per heavy atom. The van der Waals surface area contributed by atoms with Gasteiger partial charge >= 0.3 is 5.97 Å². The Bertz CT molecular complexity index is 658. The quantitative estimate of drug-likeness (QED) is 0.715. The third-order valence-electron chi connectivity index (χ3n) is 4.32. The van der Waals surface area contributed by atoms with Gasteiger partial charge in [-0.1, -0.05) is 0 Å². The number of amides is 2. The summed E-state index contributed by atoms with van der Waals surface area (Å²) in [5, 5.41) is 12.1. The zero-order valence-electron chi connectivity index (χ0n) is 15.0. The van der Waals surface area contributed by atoms with Gasteiger partial charge in [-0.3, -0.25) is 19.3 Å². The van der Waals surface area contributed by atoms with E-state index in [4.69, 9.17) is 4.74 Å². The van der Waals surface area contributed by atoms with Crippen LogP contribution in [0.25, 0.3) is 0 Å². The van der Waals surface area contributed by atoms with E-state index in [1.807, 2.05) is 4.90 Å². The molecule has 1 aliphatic heterocycles. The molecule has 2 heterocycles. The summed E-state index contributed by atoms with van der Waals surface area (Å²) in [6.45, 7) is 4.12. The minimum atomic E-state index is -1.02. The molecule has 2 N–H and O–H groups in total. The first-order valence-corrected chi connectivity index (χ1v) is 8.40. The fourth-order valence-corrected chi connectivity index (χ4v) is 2.86. The number of aromatic nitrogens is 1. The molecule has 2 rings (SSSR count). The SMILES string of the molecule is COc1ncccc1NC(=O)C[C@@H](CN1CCN(C(C)=O)CC1)C(=O)O. The molecule has 0 unspecified atom stereocenters. The van der Waals surface area contributed by atoms with Gasteiger partial charge in [-0.15, -0.1) is 0 Å². The molecule has 0 radical (unpaired) electrons. The normalized spacial score (nSPS) is 16.0. The predicted octanol–water partition coefficient (Wildman–Crippen LogP) is 0.284. The lowest BCUT2D eigenvalue weighted by atomic mass is 10.0. The minimum Gasteiger partial charge on any atom is -0.481 e. The van der Waals surface area contributed by atoms with Crippen molar-refractivity contribution in [1.29, 1.82) is 0 Å². The third kappa shape index (κ3) is 5.41. The number of carboxylic acid groups (broad SMARTS) is 1. The summed E-state index contributed by atoms with van der Waals surface area (Å²) in [4.78, 5) is 42.8. The molecule has 0 spiro atoms. The number of carbonyl (C=O) groups is 3. The lowest BCUT2D eigenvalue weighted by molar-refractivity contribution is -0.144. The number of carbonyl (C=O) groups excluding carboxylic acids is 2. The standard InChI is InChI=1S/C17H24N4O5/c1-12(22)21-8-6-20(7-9-21)11-13(17(24)25)10-15(23)19-14-4-3-5-18-16(14)26-2/h3-5,13H,6-11H2,1-2H3,(H,19,23)(H,24,25)/t13-/m0/s1. The fourth-order valence-electron chi connectivity index (χ4n) is 2.86. The van der Waals surface area contributed by atoms with Crippen LogP contribution in [0.15, 0.2) is 18.3 Å². The second-order valence-corrected chi connectivity index (χ2v) is 6.15. The van der Waals surface area contributed by atoms with Crippen molar-refractivity contribution in [2.24, 2.45) is 5.92 Å². The Kier molecular flexibility index (Phi) is 6.90. The van der Waals surface area contributed by atoms with E-state index in [0.29, 0.717) is 31.9 Å². The summed E-state index contributed by atoms with van der Waals surface area (Å²) in [7, 11) is 1.44. The van der Waals surface area contributed by atoms with Crippen LogP contribution in [0.2, 0.25) is 0 Å². The van der Waals surface area contributed by atoms with E-state index in [1.54, 1.807) is 17.0 Å². The van der Waals surface area contributed by atoms with Gasteiger partial charge in [0.15, 0.2) is 0 Å². The van der Waals surface area contributed by atoms with Crippen molar-refractivity contribution in [2.75, 3.05) is 45.2 Å². The van der Waals surface area contributed by atoms with Crippen molar-refractivity contribution in [1.82, 2.24) is 14.8 Å². The predicted molar refractivity (Wildman–Crippen MR) is 93.9 cm³/mol. The van der Waals surface area contributed by atoms with Gasteiger partial charge in [0.25, 0.3) is 0 Å². The van der Waals surface area contributed by atoms with Crippen molar-refractivity contribution >= 4 is 23.5 Å². The van der Waals surface area contributed by atoms with Crippen molar-refractivity contribution in [3.8, 4) is 5.88 Å². The van der Waals surface area contributed by atoms with E-state index >= 15 is 0 Å². The fraction of sp³-hybridized carbons (Fsp3) is 0.529. The van der Waals surface area contributed by atoms with Crippen LogP contribution in [0, 0.1) is 5.92 Å². The Hall–Kier alpha value is -2.68. The second-order valence-electron chi connectivity index (χ2n) is 6.15. The first kappa shape index (κ1) is 19.6. The molecule has 0 aliphatic carbocycles. The lowest BCUT2D eigenvalue weighted by Gasteiger charge is -2.35. The van der Waals surface area contributed by atoms with Crippen LogP contribution in [0.1, 0.15) is 13.3 Å². The number of nitrogens with one attached hydrogen (secondary N) is 1. The first-order valence-electron chi connectivity index (χ1n) is 8.40. The molecule has 0 saturated carbocycles. The van der Waals surface area contributed by atoms with Gasteiger partial charge in [0.05, 0.1) is 13.0 Å². The van der Waals surface area contributed by atoms with E-state index in [9.17, 15) is 19.5 Å². The molecule has 2 amide bonds.